The van der Waals surface area contributed by atoms with E-state index in [-0.39, 0.29) is 0 Å². The highest BCUT2D eigenvalue weighted by Crippen LogP contribution is 2.22. The van der Waals surface area contributed by atoms with Crippen LogP contribution in [-0.4, -0.2) is 18.0 Å². The van der Waals surface area contributed by atoms with E-state index >= 15 is 0 Å². The van der Waals surface area contributed by atoms with Crippen molar-refractivity contribution in [1.29, 1.82) is 0 Å². The summed E-state index contributed by atoms with van der Waals surface area (Å²) in [5.41, 5.74) is 0.418. The third-order valence-electron chi connectivity index (χ3n) is 2.72. The number of nitrogens with one attached hydrogen (secondary N) is 1. The summed E-state index contributed by atoms with van der Waals surface area (Å²) in [6, 6.07) is 8.00. The molecule has 0 radical (unpaired) electrons. The number of ether oxygens (including phenoxy) is 1. The van der Waals surface area contributed by atoms with Crippen molar-refractivity contribution in [2.75, 3.05) is 5.32 Å². The molecule has 2 aromatic rings. The SMILES string of the molecule is C[C@H](OC(=O)/C=C/c1ccco1)C(=O)Nc1cc(Cl)cc(Cl)c1. The van der Waals surface area contributed by atoms with Crippen molar-refractivity contribution in [3.63, 3.8) is 0 Å². The Kier molecular flexibility index (Phi) is 5.84. The van der Waals surface area contributed by atoms with Crippen molar-refractivity contribution >= 4 is 46.8 Å². The van der Waals surface area contributed by atoms with Crippen molar-refractivity contribution in [2.45, 2.75) is 13.0 Å². The predicted molar refractivity (Wildman–Crippen MR) is 88.4 cm³/mol. The Morgan fingerprint density at radius 3 is 2.57 bits per heavy atom. The van der Waals surface area contributed by atoms with Crippen LogP contribution in [0.3, 0.4) is 0 Å². The Morgan fingerprint density at radius 2 is 1.96 bits per heavy atom. The first-order valence-corrected chi connectivity index (χ1v) is 7.39. The Morgan fingerprint density at radius 1 is 1.26 bits per heavy atom. The van der Waals surface area contributed by atoms with Gasteiger partial charge in [0.25, 0.3) is 5.91 Å². The summed E-state index contributed by atoms with van der Waals surface area (Å²) >= 11 is 11.7. The summed E-state index contributed by atoms with van der Waals surface area (Å²) in [5, 5.41) is 3.35. The summed E-state index contributed by atoms with van der Waals surface area (Å²) < 4.78 is 10.0. The third-order valence-corrected chi connectivity index (χ3v) is 3.16. The lowest BCUT2D eigenvalue weighted by Gasteiger charge is -2.12. The highest BCUT2D eigenvalue weighted by molar-refractivity contribution is 6.35. The first-order valence-electron chi connectivity index (χ1n) is 6.63. The van der Waals surface area contributed by atoms with Crippen LogP contribution < -0.4 is 5.32 Å². The number of halogens is 2. The van der Waals surface area contributed by atoms with Gasteiger partial charge in [0.2, 0.25) is 0 Å². The summed E-state index contributed by atoms with van der Waals surface area (Å²) in [6.07, 6.45) is 3.13. The number of benzene rings is 1. The molecule has 1 N–H and O–H groups in total. The molecule has 0 spiro atoms. The summed E-state index contributed by atoms with van der Waals surface area (Å²) in [4.78, 5) is 23.6. The fraction of sp³-hybridized carbons (Fsp3) is 0.125. The van der Waals surface area contributed by atoms with Crippen LogP contribution in [0.2, 0.25) is 10.0 Å². The first kappa shape index (κ1) is 17.1. The highest BCUT2D eigenvalue weighted by atomic mass is 35.5. The van der Waals surface area contributed by atoms with E-state index in [1.54, 1.807) is 18.2 Å². The number of hydrogen-bond acceptors (Lipinski definition) is 4. The standard InChI is InChI=1S/C16H13Cl2NO4/c1-10(23-15(20)5-4-14-3-2-6-22-14)16(21)19-13-8-11(17)7-12(18)9-13/h2-10H,1H3,(H,19,21)/b5-4+/t10-/m0/s1. The number of carbonyl (C=O) groups excluding carboxylic acids is 2. The fourth-order valence-electron chi connectivity index (χ4n) is 1.67. The van der Waals surface area contributed by atoms with Gasteiger partial charge < -0.3 is 14.5 Å². The zero-order valence-corrected chi connectivity index (χ0v) is 13.6. The number of hydrogen-bond donors (Lipinski definition) is 1. The summed E-state index contributed by atoms with van der Waals surface area (Å²) in [7, 11) is 0. The van der Waals surface area contributed by atoms with Gasteiger partial charge in [-0.05, 0) is 43.3 Å². The lowest BCUT2D eigenvalue weighted by molar-refractivity contribution is -0.148. The summed E-state index contributed by atoms with van der Waals surface area (Å²) in [5.74, 6) is -0.649. The zero-order valence-electron chi connectivity index (χ0n) is 12.1. The second kappa shape index (κ2) is 7.85. The molecule has 2 rings (SSSR count). The Bertz CT molecular complexity index is 705. The molecular formula is C16H13Cl2NO4. The Hall–Kier alpha value is -2.24. The average molecular weight is 354 g/mol. The van der Waals surface area contributed by atoms with Gasteiger partial charge in [-0.3, -0.25) is 4.79 Å². The van der Waals surface area contributed by atoms with Crippen LogP contribution in [0, 0.1) is 0 Å². The number of anilines is 1. The average Bonchev–Trinajstić information content (AvgIpc) is 2.97. The maximum absolute atomic E-state index is 12.0. The van der Waals surface area contributed by atoms with Crippen LogP contribution in [0.25, 0.3) is 6.08 Å². The van der Waals surface area contributed by atoms with Crippen LogP contribution in [0.5, 0.6) is 0 Å². The van der Waals surface area contributed by atoms with Gasteiger partial charge in [0.05, 0.1) is 6.26 Å². The van der Waals surface area contributed by atoms with Crippen LogP contribution in [0.4, 0.5) is 5.69 Å². The Labute approximate surface area is 142 Å². The molecule has 23 heavy (non-hydrogen) atoms. The van der Waals surface area contributed by atoms with E-state index in [2.05, 4.69) is 5.32 Å². The van der Waals surface area contributed by atoms with Crippen molar-refractivity contribution in [3.8, 4) is 0 Å². The number of amides is 1. The topological polar surface area (TPSA) is 68.5 Å². The molecule has 0 saturated carbocycles. The van der Waals surface area contributed by atoms with Crippen molar-refractivity contribution in [2.24, 2.45) is 0 Å². The van der Waals surface area contributed by atoms with Gasteiger partial charge in [0.1, 0.15) is 5.76 Å². The first-order chi connectivity index (χ1) is 10.9. The number of carbonyl (C=O) groups is 2. The van der Waals surface area contributed by atoms with Crippen LogP contribution in [0.1, 0.15) is 12.7 Å². The van der Waals surface area contributed by atoms with E-state index in [1.807, 2.05) is 0 Å². The van der Waals surface area contributed by atoms with Gasteiger partial charge in [0, 0.05) is 21.8 Å². The lowest BCUT2D eigenvalue weighted by atomic mass is 10.3. The third kappa shape index (κ3) is 5.47. The van der Waals surface area contributed by atoms with Crippen LogP contribution >= 0.6 is 23.2 Å². The smallest absolute Gasteiger partial charge is 0.331 e. The molecule has 0 aliphatic rings. The molecule has 1 aromatic carbocycles. The van der Waals surface area contributed by atoms with E-state index in [0.717, 1.165) is 0 Å². The van der Waals surface area contributed by atoms with E-state index in [1.165, 1.54) is 37.5 Å². The minimum Gasteiger partial charge on any atom is -0.465 e. The highest BCUT2D eigenvalue weighted by Gasteiger charge is 2.17. The van der Waals surface area contributed by atoms with Gasteiger partial charge >= 0.3 is 5.97 Å². The molecule has 0 fully saturated rings. The summed E-state index contributed by atoms with van der Waals surface area (Å²) in [6.45, 7) is 1.46. The molecular weight excluding hydrogens is 341 g/mol. The molecule has 7 heteroatoms. The molecule has 0 unspecified atom stereocenters. The lowest BCUT2D eigenvalue weighted by Crippen LogP contribution is -2.29. The molecule has 5 nitrogen and oxygen atoms in total. The second-order valence-corrected chi connectivity index (χ2v) is 5.45. The zero-order chi connectivity index (χ0) is 16.8. The van der Waals surface area contributed by atoms with E-state index in [0.29, 0.717) is 21.5 Å². The van der Waals surface area contributed by atoms with Crippen molar-refractivity contribution in [1.82, 2.24) is 0 Å². The molecule has 120 valence electrons. The van der Waals surface area contributed by atoms with Crippen molar-refractivity contribution in [3.05, 3.63) is 58.5 Å². The largest absolute Gasteiger partial charge is 0.465 e. The van der Waals surface area contributed by atoms with Gasteiger partial charge in [0.15, 0.2) is 6.10 Å². The molecule has 1 aromatic heterocycles. The van der Waals surface area contributed by atoms with Gasteiger partial charge in [-0.15, -0.1) is 0 Å². The second-order valence-electron chi connectivity index (χ2n) is 4.58. The molecule has 1 atom stereocenters. The number of rotatable bonds is 5. The van der Waals surface area contributed by atoms with Gasteiger partial charge in [-0.2, -0.15) is 0 Å². The molecule has 0 bridgehead atoms. The maximum atomic E-state index is 12.0. The quantitative estimate of drug-likeness (QED) is 0.646. The number of furan rings is 1. The molecule has 1 heterocycles. The monoisotopic (exact) mass is 353 g/mol. The van der Waals surface area contributed by atoms with Gasteiger partial charge in [-0.1, -0.05) is 23.2 Å². The minimum absolute atomic E-state index is 0.388. The predicted octanol–water partition coefficient (Wildman–Crippen LogP) is 4.17. The van der Waals surface area contributed by atoms with E-state index in [4.69, 9.17) is 32.4 Å². The fourth-order valence-corrected chi connectivity index (χ4v) is 2.20. The van der Waals surface area contributed by atoms with Gasteiger partial charge in [-0.25, -0.2) is 4.79 Å². The molecule has 0 saturated heterocycles. The maximum Gasteiger partial charge on any atom is 0.331 e. The number of esters is 1. The molecule has 0 aliphatic heterocycles. The minimum atomic E-state index is -0.985. The molecule has 1 amide bonds. The van der Waals surface area contributed by atoms with E-state index < -0.39 is 18.0 Å². The van der Waals surface area contributed by atoms with Crippen molar-refractivity contribution < 1.29 is 18.7 Å². The van der Waals surface area contributed by atoms with Crippen LogP contribution in [0.15, 0.2) is 47.1 Å². The normalized spacial score (nSPS) is 12.1. The van der Waals surface area contributed by atoms with E-state index in [9.17, 15) is 9.59 Å². The molecule has 0 aliphatic carbocycles. The van der Waals surface area contributed by atoms with Crippen LogP contribution in [-0.2, 0) is 14.3 Å². The Balaban J connectivity index is 1.90.